The zero-order chi connectivity index (χ0) is 8.23. The van der Waals surface area contributed by atoms with Crippen LogP contribution in [-0.4, -0.2) is 12.9 Å². The van der Waals surface area contributed by atoms with E-state index < -0.39 is 0 Å². The van der Waals surface area contributed by atoms with Crippen molar-refractivity contribution in [3.8, 4) is 0 Å². The SMILES string of the molecule is [c]1ccc(N2C=NC=CC2)cc1. The summed E-state index contributed by atoms with van der Waals surface area (Å²) < 4.78 is 0. The highest BCUT2D eigenvalue weighted by atomic mass is 15.2. The van der Waals surface area contributed by atoms with Crippen LogP contribution in [0.25, 0.3) is 0 Å². The van der Waals surface area contributed by atoms with E-state index in [0.717, 1.165) is 12.2 Å². The zero-order valence-electron chi connectivity index (χ0n) is 6.64. The van der Waals surface area contributed by atoms with Crippen molar-refractivity contribution in [2.24, 2.45) is 4.99 Å². The maximum atomic E-state index is 4.05. The quantitative estimate of drug-likeness (QED) is 0.607. The number of hydrogen-bond acceptors (Lipinski definition) is 2. The highest BCUT2D eigenvalue weighted by Crippen LogP contribution is 2.12. The normalized spacial score (nSPS) is 15.2. The summed E-state index contributed by atoms with van der Waals surface area (Å²) in [5.41, 5.74) is 1.15. The molecule has 0 amide bonds. The molecule has 1 aliphatic heterocycles. The maximum absolute atomic E-state index is 4.05. The van der Waals surface area contributed by atoms with Crippen LogP contribution in [0.5, 0.6) is 0 Å². The average Bonchev–Trinajstić information content (AvgIpc) is 2.21. The smallest absolute Gasteiger partial charge is 0.0952 e. The van der Waals surface area contributed by atoms with Crippen LogP contribution in [0.1, 0.15) is 0 Å². The van der Waals surface area contributed by atoms with Crippen molar-refractivity contribution in [1.29, 1.82) is 0 Å². The van der Waals surface area contributed by atoms with Crippen LogP contribution < -0.4 is 4.90 Å². The van der Waals surface area contributed by atoms with Gasteiger partial charge in [-0.3, -0.25) is 0 Å². The number of benzene rings is 1. The third-order valence-electron chi connectivity index (χ3n) is 1.73. The minimum Gasteiger partial charge on any atom is -0.329 e. The van der Waals surface area contributed by atoms with E-state index in [1.807, 2.05) is 42.9 Å². The molecule has 0 saturated carbocycles. The van der Waals surface area contributed by atoms with Gasteiger partial charge < -0.3 is 4.90 Å². The van der Waals surface area contributed by atoms with Gasteiger partial charge in [-0.05, 0) is 24.3 Å². The minimum atomic E-state index is 0.896. The van der Waals surface area contributed by atoms with E-state index in [2.05, 4.69) is 16.0 Å². The predicted molar refractivity (Wildman–Crippen MR) is 50.3 cm³/mol. The van der Waals surface area contributed by atoms with Crippen LogP contribution in [0.15, 0.2) is 41.5 Å². The van der Waals surface area contributed by atoms with Crippen LogP contribution in [0.2, 0.25) is 0 Å². The summed E-state index contributed by atoms with van der Waals surface area (Å²) in [6, 6.07) is 10.8. The van der Waals surface area contributed by atoms with E-state index in [0.29, 0.717) is 0 Å². The Bertz CT molecular complexity index is 301. The molecule has 0 N–H and O–H groups in total. The van der Waals surface area contributed by atoms with E-state index >= 15 is 0 Å². The summed E-state index contributed by atoms with van der Waals surface area (Å²) >= 11 is 0. The number of nitrogens with zero attached hydrogens (tertiary/aromatic N) is 2. The average molecular weight is 157 g/mol. The van der Waals surface area contributed by atoms with Crippen LogP contribution in [0, 0.1) is 6.07 Å². The van der Waals surface area contributed by atoms with Gasteiger partial charge in [0.2, 0.25) is 0 Å². The first-order valence-corrected chi connectivity index (χ1v) is 3.88. The molecule has 0 aromatic heterocycles. The van der Waals surface area contributed by atoms with Crippen LogP contribution in [0.3, 0.4) is 0 Å². The largest absolute Gasteiger partial charge is 0.329 e. The Kier molecular flexibility index (Phi) is 1.90. The van der Waals surface area contributed by atoms with Crippen molar-refractivity contribution < 1.29 is 0 Å². The van der Waals surface area contributed by atoms with Crippen LogP contribution in [0.4, 0.5) is 5.69 Å². The van der Waals surface area contributed by atoms with Crippen LogP contribution >= 0.6 is 0 Å². The summed E-state index contributed by atoms with van der Waals surface area (Å²) in [5.74, 6) is 0. The molecule has 2 nitrogen and oxygen atoms in total. The van der Waals surface area contributed by atoms with E-state index in [1.165, 1.54) is 0 Å². The molecular weight excluding hydrogens is 148 g/mol. The van der Waals surface area contributed by atoms with Crippen molar-refractivity contribution in [3.63, 3.8) is 0 Å². The molecule has 1 radical (unpaired) electrons. The minimum absolute atomic E-state index is 0.896. The molecule has 2 heteroatoms. The monoisotopic (exact) mass is 157 g/mol. The Labute approximate surface area is 71.9 Å². The Morgan fingerprint density at radius 1 is 1.33 bits per heavy atom. The first-order chi connectivity index (χ1) is 5.97. The predicted octanol–water partition coefficient (Wildman–Crippen LogP) is 1.85. The van der Waals surface area contributed by atoms with Crippen molar-refractivity contribution in [3.05, 3.63) is 42.6 Å². The molecule has 1 aromatic rings. The fourth-order valence-electron chi connectivity index (χ4n) is 1.13. The van der Waals surface area contributed by atoms with Gasteiger partial charge in [0.25, 0.3) is 0 Å². The molecule has 0 fully saturated rings. The summed E-state index contributed by atoms with van der Waals surface area (Å²) in [6.07, 6.45) is 5.66. The number of anilines is 1. The molecule has 1 aromatic carbocycles. The van der Waals surface area contributed by atoms with Gasteiger partial charge in [-0.2, -0.15) is 0 Å². The summed E-state index contributed by atoms with van der Waals surface area (Å²) in [4.78, 5) is 6.12. The van der Waals surface area contributed by atoms with Crippen LogP contribution in [-0.2, 0) is 0 Å². The molecule has 0 atom stereocenters. The van der Waals surface area contributed by atoms with Gasteiger partial charge in [0.1, 0.15) is 0 Å². The molecule has 0 saturated heterocycles. The number of aliphatic imine (C=N–C) groups is 1. The van der Waals surface area contributed by atoms with Gasteiger partial charge in [-0.1, -0.05) is 12.1 Å². The van der Waals surface area contributed by atoms with E-state index in [-0.39, 0.29) is 0 Å². The van der Waals surface area contributed by atoms with Gasteiger partial charge in [-0.15, -0.1) is 0 Å². The fourth-order valence-corrected chi connectivity index (χ4v) is 1.13. The summed E-state index contributed by atoms with van der Waals surface area (Å²) in [7, 11) is 0. The highest BCUT2D eigenvalue weighted by molar-refractivity contribution is 5.80. The second kappa shape index (κ2) is 3.22. The van der Waals surface area contributed by atoms with Crippen molar-refractivity contribution in [2.45, 2.75) is 0 Å². The summed E-state index contributed by atoms with van der Waals surface area (Å²) in [6.45, 7) is 0.896. The molecule has 0 spiro atoms. The highest BCUT2D eigenvalue weighted by Gasteiger charge is 2.01. The third kappa shape index (κ3) is 1.37. The van der Waals surface area contributed by atoms with Crippen molar-refractivity contribution in [1.82, 2.24) is 0 Å². The van der Waals surface area contributed by atoms with E-state index in [4.69, 9.17) is 0 Å². The first kappa shape index (κ1) is 7.10. The number of rotatable bonds is 1. The lowest BCUT2D eigenvalue weighted by Crippen LogP contribution is -2.22. The molecule has 59 valence electrons. The first-order valence-electron chi connectivity index (χ1n) is 3.88. The standard InChI is InChI=1S/C10H9N2/c1-2-5-10(6-3-1)12-8-4-7-11-9-12/h2-7,9H,8H2. The third-order valence-corrected chi connectivity index (χ3v) is 1.73. The molecule has 2 rings (SSSR count). The molecule has 0 unspecified atom stereocenters. The lowest BCUT2D eigenvalue weighted by molar-refractivity contribution is 1.13. The molecule has 1 heterocycles. The second-order valence-corrected chi connectivity index (χ2v) is 2.56. The zero-order valence-corrected chi connectivity index (χ0v) is 6.64. The second-order valence-electron chi connectivity index (χ2n) is 2.56. The van der Waals surface area contributed by atoms with E-state index in [9.17, 15) is 0 Å². The molecule has 12 heavy (non-hydrogen) atoms. The lowest BCUT2D eigenvalue weighted by atomic mass is 10.3. The Hall–Kier alpha value is -1.57. The molecule has 1 aliphatic rings. The topological polar surface area (TPSA) is 15.6 Å². The van der Waals surface area contributed by atoms with Gasteiger partial charge in [-0.25, -0.2) is 4.99 Å². The molecule has 0 bridgehead atoms. The van der Waals surface area contributed by atoms with Gasteiger partial charge in [0, 0.05) is 18.4 Å². The van der Waals surface area contributed by atoms with Gasteiger partial charge >= 0.3 is 0 Å². The Balaban J connectivity index is 2.21. The van der Waals surface area contributed by atoms with Crippen molar-refractivity contribution >= 4 is 12.0 Å². The van der Waals surface area contributed by atoms with E-state index in [1.54, 1.807) is 0 Å². The molecular formula is C10H9N2. The Morgan fingerprint density at radius 2 is 2.17 bits per heavy atom. The fraction of sp³-hybridized carbons (Fsp3) is 0.100. The maximum Gasteiger partial charge on any atom is 0.0952 e. The molecule has 0 aliphatic carbocycles. The lowest BCUT2D eigenvalue weighted by Gasteiger charge is -2.18. The van der Waals surface area contributed by atoms with Gasteiger partial charge in [0.05, 0.1) is 6.34 Å². The van der Waals surface area contributed by atoms with Gasteiger partial charge in [0.15, 0.2) is 0 Å². The summed E-state index contributed by atoms with van der Waals surface area (Å²) in [5, 5.41) is 0. The van der Waals surface area contributed by atoms with Crippen molar-refractivity contribution in [2.75, 3.05) is 11.4 Å². The Morgan fingerprint density at radius 3 is 2.83 bits per heavy atom. The number of hydrogen-bond donors (Lipinski definition) is 0.